The van der Waals surface area contributed by atoms with Crippen molar-refractivity contribution in [1.29, 1.82) is 0 Å². The largest absolute Gasteiger partial charge is 0.494 e. The maximum atomic E-state index is 5.69. The van der Waals surface area contributed by atoms with Gasteiger partial charge >= 0.3 is 0 Å². The molecule has 1 N–H and O–H groups in total. The van der Waals surface area contributed by atoms with Gasteiger partial charge in [-0.05, 0) is 62.0 Å². The molecule has 142 valence electrons. The number of nitrogens with zero attached hydrogens (tertiary/aromatic N) is 3. The lowest BCUT2D eigenvalue weighted by Crippen LogP contribution is -1.99. The topological polar surface area (TPSA) is 55.7 Å². The highest BCUT2D eigenvalue weighted by Crippen LogP contribution is 2.31. The molecule has 0 atom stereocenters. The number of hydrogen-bond donors (Lipinski definition) is 1. The van der Waals surface area contributed by atoms with Crippen molar-refractivity contribution in [2.24, 2.45) is 0 Å². The van der Waals surface area contributed by atoms with Gasteiger partial charge in [0.2, 0.25) is 0 Å². The van der Waals surface area contributed by atoms with Gasteiger partial charge in [-0.25, -0.2) is 4.98 Å². The van der Waals surface area contributed by atoms with Gasteiger partial charge in [-0.3, -0.25) is 5.10 Å². The lowest BCUT2D eigenvalue weighted by atomic mass is 10.0. The van der Waals surface area contributed by atoms with E-state index in [0.29, 0.717) is 4.77 Å². The van der Waals surface area contributed by atoms with E-state index in [1.165, 1.54) is 0 Å². The van der Waals surface area contributed by atoms with Gasteiger partial charge in [0.05, 0.1) is 17.8 Å². The Labute approximate surface area is 169 Å². The van der Waals surface area contributed by atoms with E-state index >= 15 is 0 Å². The number of ether oxygens (including phenoxy) is 1. The third kappa shape index (κ3) is 3.43. The van der Waals surface area contributed by atoms with Crippen molar-refractivity contribution in [3.63, 3.8) is 0 Å². The quantitative estimate of drug-likeness (QED) is 0.433. The Hall–Kier alpha value is -2.99. The second kappa shape index (κ2) is 7.94. The van der Waals surface area contributed by atoms with Crippen LogP contribution in [-0.4, -0.2) is 26.4 Å². The number of hydrogen-bond acceptors (Lipinski definition) is 4. The van der Waals surface area contributed by atoms with Gasteiger partial charge in [0.1, 0.15) is 5.75 Å². The summed E-state index contributed by atoms with van der Waals surface area (Å²) in [5.74, 6) is 1.70. The summed E-state index contributed by atoms with van der Waals surface area (Å²) in [7, 11) is 0. The molecule has 4 aromatic rings. The molecule has 0 fully saturated rings. The second-order valence-corrected chi connectivity index (χ2v) is 6.93. The number of pyridine rings is 1. The lowest BCUT2D eigenvalue weighted by Gasteiger charge is -2.11. The van der Waals surface area contributed by atoms with Crippen LogP contribution in [0.3, 0.4) is 0 Å². The highest BCUT2D eigenvalue weighted by Gasteiger charge is 2.14. The monoisotopic (exact) mass is 390 g/mol. The molecule has 0 radical (unpaired) electrons. The molecule has 2 heterocycles. The van der Waals surface area contributed by atoms with Gasteiger partial charge < -0.3 is 9.30 Å². The van der Waals surface area contributed by atoms with Crippen LogP contribution >= 0.6 is 12.2 Å². The Morgan fingerprint density at radius 1 is 1.07 bits per heavy atom. The first-order valence-electron chi connectivity index (χ1n) is 9.50. The number of benzene rings is 2. The van der Waals surface area contributed by atoms with Crippen LogP contribution in [0, 0.1) is 4.77 Å². The number of aromatic amines is 1. The predicted octanol–water partition coefficient (Wildman–Crippen LogP) is 5.63. The van der Waals surface area contributed by atoms with Gasteiger partial charge in [0.25, 0.3) is 0 Å². The third-order valence-electron chi connectivity index (χ3n) is 4.65. The molecule has 4 rings (SSSR count). The average Bonchev–Trinajstić information content (AvgIpc) is 3.12. The Bertz CT molecular complexity index is 1160. The Morgan fingerprint density at radius 2 is 1.86 bits per heavy atom. The summed E-state index contributed by atoms with van der Waals surface area (Å²) in [6.07, 6.45) is 0.989. The van der Waals surface area contributed by atoms with Crippen LogP contribution in [0.2, 0.25) is 0 Å². The van der Waals surface area contributed by atoms with Gasteiger partial charge in [-0.2, -0.15) is 5.10 Å². The molecule has 2 aromatic heterocycles. The summed E-state index contributed by atoms with van der Waals surface area (Å²) in [4.78, 5) is 4.87. The number of para-hydroxylation sites is 1. The van der Waals surface area contributed by atoms with Gasteiger partial charge in [-0.15, -0.1) is 0 Å². The van der Waals surface area contributed by atoms with Gasteiger partial charge in [0.15, 0.2) is 10.6 Å². The zero-order valence-corrected chi connectivity index (χ0v) is 16.8. The minimum Gasteiger partial charge on any atom is -0.494 e. The van der Waals surface area contributed by atoms with E-state index in [-0.39, 0.29) is 0 Å². The lowest BCUT2D eigenvalue weighted by molar-refractivity contribution is 0.317. The van der Waals surface area contributed by atoms with E-state index in [1.54, 1.807) is 0 Å². The average molecular weight is 391 g/mol. The summed E-state index contributed by atoms with van der Waals surface area (Å²) in [5, 5.41) is 8.46. The first-order chi connectivity index (χ1) is 13.7. The molecule has 0 saturated carbocycles. The molecule has 0 amide bonds. The molecular weight excluding hydrogens is 368 g/mol. The molecular formula is C22H22N4OS. The molecule has 2 aromatic carbocycles. The molecule has 0 aliphatic rings. The molecule has 0 saturated heterocycles. The SMILES string of the molecule is CCCOc1ccc(-c2cc(-c3n[nH]c(=S)n3CC)c3ccccc3n2)cc1. The van der Waals surface area contributed by atoms with E-state index in [4.69, 9.17) is 21.9 Å². The standard InChI is InChI=1S/C22H22N4OS/c1-3-13-27-16-11-9-15(10-12-16)20-14-18(17-7-5-6-8-19(17)23-20)21-24-25-22(28)26(21)4-2/h5-12,14H,3-4,13H2,1-2H3,(H,25,28). The molecule has 0 spiro atoms. The second-order valence-electron chi connectivity index (χ2n) is 6.54. The summed E-state index contributed by atoms with van der Waals surface area (Å²) in [6, 6.07) is 18.3. The molecule has 28 heavy (non-hydrogen) atoms. The molecule has 0 bridgehead atoms. The van der Waals surface area contributed by atoms with E-state index in [9.17, 15) is 0 Å². The summed E-state index contributed by atoms with van der Waals surface area (Å²) in [5.41, 5.74) is 3.87. The maximum Gasteiger partial charge on any atom is 0.195 e. The number of rotatable bonds is 6. The van der Waals surface area contributed by atoms with Crippen LogP contribution in [0.15, 0.2) is 54.6 Å². The van der Waals surface area contributed by atoms with Crippen molar-refractivity contribution in [2.45, 2.75) is 26.8 Å². The van der Waals surface area contributed by atoms with Crippen molar-refractivity contribution in [1.82, 2.24) is 19.7 Å². The smallest absolute Gasteiger partial charge is 0.195 e. The Kier molecular flexibility index (Phi) is 5.21. The zero-order valence-electron chi connectivity index (χ0n) is 16.0. The van der Waals surface area contributed by atoms with Crippen LogP contribution in [0.1, 0.15) is 20.3 Å². The molecule has 0 aliphatic heterocycles. The molecule has 5 nitrogen and oxygen atoms in total. The maximum absolute atomic E-state index is 5.69. The van der Waals surface area contributed by atoms with E-state index in [1.807, 2.05) is 47.0 Å². The summed E-state index contributed by atoms with van der Waals surface area (Å²) in [6.45, 7) is 5.63. The number of fused-ring (bicyclic) bond motifs is 1. The molecule has 0 unspecified atom stereocenters. The Balaban J connectivity index is 1.86. The summed E-state index contributed by atoms with van der Waals surface area (Å²) < 4.78 is 8.32. The zero-order chi connectivity index (χ0) is 19.5. The van der Waals surface area contributed by atoms with Gasteiger partial charge in [0, 0.05) is 23.1 Å². The van der Waals surface area contributed by atoms with Crippen molar-refractivity contribution in [3.8, 4) is 28.4 Å². The highest BCUT2D eigenvalue weighted by atomic mass is 32.1. The van der Waals surface area contributed by atoms with Crippen LogP contribution in [0.5, 0.6) is 5.75 Å². The van der Waals surface area contributed by atoms with Crippen LogP contribution in [-0.2, 0) is 6.54 Å². The van der Waals surface area contributed by atoms with Crippen molar-refractivity contribution < 1.29 is 4.74 Å². The Morgan fingerprint density at radius 3 is 2.61 bits per heavy atom. The molecule has 0 aliphatic carbocycles. The van der Waals surface area contributed by atoms with Crippen LogP contribution < -0.4 is 4.74 Å². The fourth-order valence-electron chi connectivity index (χ4n) is 3.27. The van der Waals surface area contributed by atoms with Crippen molar-refractivity contribution >= 4 is 23.1 Å². The molecule has 6 heteroatoms. The van der Waals surface area contributed by atoms with Crippen molar-refractivity contribution in [2.75, 3.05) is 6.61 Å². The number of aromatic nitrogens is 4. The minimum atomic E-state index is 0.623. The first kappa shape index (κ1) is 18.4. The van der Waals surface area contributed by atoms with Crippen LogP contribution in [0.4, 0.5) is 0 Å². The highest BCUT2D eigenvalue weighted by molar-refractivity contribution is 7.71. The van der Waals surface area contributed by atoms with Gasteiger partial charge in [-0.1, -0.05) is 25.1 Å². The van der Waals surface area contributed by atoms with Crippen molar-refractivity contribution in [3.05, 3.63) is 59.4 Å². The van der Waals surface area contributed by atoms with E-state index in [0.717, 1.165) is 58.9 Å². The minimum absolute atomic E-state index is 0.623. The normalized spacial score (nSPS) is 11.1. The predicted molar refractivity (Wildman–Crippen MR) is 115 cm³/mol. The van der Waals surface area contributed by atoms with E-state index in [2.05, 4.69) is 36.2 Å². The summed E-state index contributed by atoms with van der Waals surface area (Å²) >= 11 is 5.39. The number of nitrogens with one attached hydrogen (secondary N) is 1. The fraction of sp³-hybridized carbons (Fsp3) is 0.227. The third-order valence-corrected chi connectivity index (χ3v) is 4.97. The number of H-pyrrole nitrogens is 1. The first-order valence-corrected chi connectivity index (χ1v) is 9.90. The fourth-order valence-corrected chi connectivity index (χ4v) is 3.53. The van der Waals surface area contributed by atoms with Crippen LogP contribution in [0.25, 0.3) is 33.5 Å². The van der Waals surface area contributed by atoms with E-state index < -0.39 is 0 Å².